The van der Waals surface area contributed by atoms with Crippen molar-refractivity contribution in [2.45, 2.75) is 44.6 Å². The van der Waals surface area contributed by atoms with Crippen LogP contribution in [0.1, 0.15) is 41.9 Å². The molecule has 0 aromatic rings. The van der Waals surface area contributed by atoms with E-state index in [4.69, 9.17) is 0 Å². The first-order valence-corrected chi connectivity index (χ1v) is 5.38. The van der Waals surface area contributed by atoms with E-state index in [0.29, 0.717) is 11.8 Å². The summed E-state index contributed by atoms with van der Waals surface area (Å²) in [6, 6.07) is 0. The molecule has 3 heteroatoms. The standard InChI is InChI=1S/C11H18O.BrH.Mg.2H/c1-11(12)9-3-7-2-8(5-9)6-10(11)4-7;;;;/h7-10,12H,2-6H2,1H3;1H;;;/q;;+2;2*-1. The summed E-state index contributed by atoms with van der Waals surface area (Å²) >= 11 is 0. The van der Waals surface area contributed by atoms with E-state index in [9.17, 15) is 5.11 Å². The predicted molar refractivity (Wildman–Crippen MR) is 66.0 cm³/mol. The SMILES string of the molecule is Br.CC1(O)C2CC3CC(C2)CC1C3.[H-].[H-].[Mg+2]. The van der Waals surface area contributed by atoms with Gasteiger partial charge in [0, 0.05) is 0 Å². The molecule has 0 radical (unpaired) electrons. The van der Waals surface area contributed by atoms with Crippen molar-refractivity contribution < 1.29 is 7.96 Å². The van der Waals surface area contributed by atoms with Gasteiger partial charge < -0.3 is 7.96 Å². The van der Waals surface area contributed by atoms with Crippen molar-refractivity contribution in [3.8, 4) is 0 Å². The molecule has 4 bridgehead atoms. The van der Waals surface area contributed by atoms with Gasteiger partial charge in [-0.2, -0.15) is 0 Å². The van der Waals surface area contributed by atoms with Crippen molar-refractivity contribution in [3.63, 3.8) is 0 Å². The third-order valence-electron chi connectivity index (χ3n) is 4.79. The topological polar surface area (TPSA) is 20.2 Å². The molecule has 0 aromatic heterocycles. The Bertz CT molecular complexity index is 196. The average molecular weight is 273 g/mol. The molecule has 0 heterocycles. The Hall–Kier alpha value is 1.21. The Morgan fingerprint density at radius 2 is 1.36 bits per heavy atom. The van der Waals surface area contributed by atoms with Gasteiger partial charge in [0.2, 0.25) is 0 Å². The van der Waals surface area contributed by atoms with Crippen LogP contribution in [-0.4, -0.2) is 33.8 Å². The molecule has 0 amide bonds. The number of aliphatic hydroxyl groups is 1. The molecule has 4 fully saturated rings. The maximum atomic E-state index is 10.3. The molecule has 1 N–H and O–H groups in total. The maximum absolute atomic E-state index is 10.3. The zero-order valence-electron chi connectivity index (χ0n) is 10.9. The van der Waals surface area contributed by atoms with Gasteiger partial charge in [0.1, 0.15) is 0 Å². The van der Waals surface area contributed by atoms with Gasteiger partial charge in [-0.25, -0.2) is 0 Å². The minimum Gasteiger partial charge on any atom is -1.00 e. The summed E-state index contributed by atoms with van der Waals surface area (Å²) in [5.74, 6) is 3.25. The van der Waals surface area contributed by atoms with Crippen molar-refractivity contribution in [2.75, 3.05) is 0 Å². The van der Waals surface area contributed by atoms with E-state index in [2.05, 4.69) is 6.92 Å². The fraction of sp³-hybridized carbons (Fsp3) is 1.00. The van der Waals surface area contributed by atoms with Crippen LogP contribution in [0.4, 0.5) is 0 Å². The molecular weight excluding hydrogens is 252 g/mol. The van der Waals surface area contributed by atoms with Gasteiger partial charge in [-0.1, -0.05) is 0 Å². The molecule has 0 saturated heterocycles. The summed E-state index contributed by atoms with van der Waals surface area (Å²) in [5.41, 5.74) is -0.298. The van der Waals surface area contributed by atoms with Crippen LogP contribution in [-0.2, 0) is 0 Å². The Labute approximate surface area is 116 Å². The fourth-order valence-corrected chi connectivity index (χ4v) is 4.14. The van der Waals surface area contributed by atoms with E-state index in [-0.39, 0.29) is 48.5 Å². The second-order valence-corrected chi connectivity index (χ2v) is 5.53. The minimum atomic E-state index is -0.298. The van der Waals surface area contributed by atoms with Crippen molar-refractivity contribution in [3.05, 3.63) is 0 Å². The molecule has 4 aliphatic rings. The molecule has 4 aliphatic carbocycles. The third kappa shape index (κ3) is 1.78. The summed E-state index contributed by atoms with van der Waals surface area (Å²) in [7, 11) is 0. The zero-order valence-corrected chi connectivity index (χ0v) is 12.0. The quantitative estimate of drug-likeness (QED) is 0.673. The number of rotatable bonds is 0. The van der Waals surface area contributed by atoms with Crippen LogP contribution in [0, 0.1) is 23.7 Å². The zero-order chi connectivity index (χ0) is 8.34. The first kappa shape index (κ1) is 13.3. The summed E-state index contributed by atoms with van der Waals surface area (Å²) in [6.45, 7) is 2.08. The smallest absolute Gasteiger partial charge is 1.00 e. The number of hydrogen-bond donors (Lipinski definition) is 1. The van der Waals surface area contributed by atoms with Crippen LogP contribution in [0.5, 0.6) is 0 Å². The Balaban J connectivity index is 0. The van der Waals surface area contributed by atoms with Crippen LogP contribution in [0.2, 0.25) is 0 Å². The van der Waals surface area contributed by atoms with Gasteiger partial charge in [0.15, 0.2) is 0 Å². The number of hydrogen-bond acceptors (Lipinski definition) is 1. The Kier molecular flexibility index (Phi) is 4.01. The molecule has 0 spiro atoms. The largest absolute Gasteiger partial charge is 2.00 e. The summed E-state index contributed by atoms with van der Waals surface area (Å²) in [6.07, 6.45) is 6.75. The molecule has 0 unspecified atom stereocenters. The van der Waals surface area contributed by atoms with Gasteiger partial charge in [0.05, 0.1) is 5.60 Å². The number of halogens is 1. The van der Waals surface area contributed by atoms with Crippen molar-refractivity contribution in [1.29, 1.82) is 0 Å². The maximum Gasteiger partial charge on any atom is 2.00 e. The second-order valence-electron chi connectivity index (χ2n) is 5.53. The molecule has 4 saturated carbocycles. The van der Waals surface area contributed by atoms with Gasteiger partial charge in [-0.05, 0) is 62.7 Å². The summed E-state index contributed by atoms with van der Waals surface area (Å²) in [5, 5.41) is 10.3. The van der Waals surface area contributed by atoms with Crippen molar-refractivity contribution >= 4 is 40.0 Å². The predicted octanol–water partition coefficient (Wildman–Crippen LogP) is 2.62. The van der Waals surface area contributed by atoms with Crippen LogP contribution in [0.3, 0.4) is 0 Å². The normalized spacial score (nSPS) is 53.6. The van der Waals surface area contributed by atoms with E-state index >= 15 is 0 Å². The summed E-state index contributed by atoms with van der Waals surface area (Å²) < 4.78 is 0. The van der Waals surface area contributed by atoms with Gasteiger partial charge in [-0.3, -0.25) is 0 Å². The van der Waals surface area contributed by atoms with Crippen molar-refractivity contribution in [1.82, 2.24) is 0 Å². The van der Waals surface area contributed by atoms with Crippen LogP contribution >= 0.6 is 17.0 Å². The van der Waals surface area contributed by atoms with Gasteiger partial charge in [-0.15, -0.1) is 17.0 Å². The molecule has 0 atom stereocenters. The van der Waals surface area contributed by atoms with E-state index in [1.165, 1.54) is 32.1 Å². The van der Waals surface area contributed by atoms with Crippen LogP contribution < -0.4 is 0 Å². The molecule has 1 nitrogen and oxygen atoms in total. The van der Waals surface area contributed by atoms with Crippen LogP contribution in [0.25, 0.3) is 0 Å². The molecule has 4 rings (SSSR count). The van der Waals surface area contributed by atoms with E-state index in [0.717, 1.165) is 11.8 Å². The molecule has 14 heavy (non-hydrogen) atoms. The molecular formula is C11H21BrMgO. The molecule has 80 valence electrons. The molecule has 0 aromatic carbocycles. The average Bonchev–Trinajstić information content (AvgIpc) is 1.99. The Morgan fingerprint density at radius 1 is 1.00 bits per heavy atom. The van der Waals surface area contributed by atoms with E-state index in [1.54, 1.807) is 0 Å². The van der Waals surface area contributed by atoms with E-state index in [1.807, 2.05) is 0 Å². The van der Waals surface area contributed by atoms with Crippen molar-refractivity contribution in [2.24, 2.45) is 23.7 Å². The van der Waals surface area contributed by atoms with Gasteiger partial charge in [0.25, 0.3) is 0 Å². The first-order chi connectivity index (χ1) is 5.66. The minimum absolute atomic E-state index is 0. The Morgan fingerprint density at radius 3 is 1.71 bits per heavy atom. The first-order valence-electron chi connectivity index (χ1n) is 5.38. The second kappa shape index (κ2) is 4.23. The third-order valence-corrected chi connectivity index (χ3v) is 4.79. The van der Waals surface area contributed by atoms with Gasteiger partial charge >= 0.3 is 23.1 Å². The monoisotopic (exact) mass is 272 g/mol. The van der Waals surface area contributed by atoms with Crippen LogP contribution in [0.15, 0.2) is 0 Å². The van der Waals surface area contributed by atoms with E-state index < -0.39 is 0 Å². The summed E-state index contributed by atoms with van der Waals surface area (Å²) in [4.78, 5) is 0. The fourth-order valence-electron chi connectivity index (χ4n) is 4.14. The molecule has 0 aliphatic heterocycles.